The number of H-pyrrole nitrogens is 1. The van der Waals surface area contributed by atoms with Crippen molar-refractivity contribution in [2.45, 2.75) is 6.92 Å². The highest BCUT2D eigenvalue weighted by atomic mass is 35.5. The molecule has 0 aliphatic rings. The predicted octanol–water partition coefficient (Wildman–Crippen LogP) is 2.83. The summed E-state index contributed by atoms with van der Waals surface area (Å²) >= 11 is 11.7. The molecule has 0 unspecified atom stereocenters. The first-order chi connectivity index (χ1) is 9.02. The van der Waals surface area contributed by atoms with Crippen LogP contribution in [0.2, 0.25) is 10.0 Å². The number of aromatic amines is 1. The average molecular weight is 297 g/mol. The molecule has 0 saturated heterocycles. The Labute approximate surface area is 119 Å². The Morgan fingerprint density at radius 1 is 1.26 bits per heavy atom. The number of halogens is 2. The summed E-state index contributed by atoms with van der Waals surface area (Å²) in [6.45, 7) is 1.72. The first-order valence-electron chi connectivity index (χ1n) is 5.36. The molecular weight excluding hydrogens is 287 g/mol. The molecule has 0 atom stereocenters. The van der Waals surface area contributed by atoms with E-state index in [-0.39, 0.29) is 11.5 Å². The maximum Gasteiger partial charge on any atom is 0.252 e. The molecule has 1 aromatic heterocycles. The molecule has 0 aliphatic heterocycles. The summed E-state index contributed by atoms with van der Waals surface area (Å²) < 4.78 is 0. The second-order valence-electron chi connectivity index (χ2n) is 3.81. The van der Waals surface area contributed by atoms with Crippen LogP contribution in [-0.4, -0.2) is 16.2 Å². The zero-order valence-electron chi connectivity index (χ0n) is 9.95. The SMILES string of the molecule is Cc1cc(=O)[nH]c(NN=Cc2cc(Cl)cc(Cl)c2)n1. The van der Waals surface area contributed by atoms with Crippen molar-refractivity contribution in [3.8, 4) is 0 Å². The van der Waals surface area contributed by atoms with Crippen LogP contribution in [0.5, 0.6) is 0 Å². The summed E-state index contributed by atoms with van der Waals surface area (Å²) in [5.41, 5.74) is 3.73. The molecule has 0 bridgehead atoms. The summed E-state index contributed by atoms with van der Waals surface area (Å²) in [5, 5.41) is 5.00. The first-order valence-corrected chi connectivity index (χ1v) is 6.12. The van der Waals surface area contributed by atoms with Gasteiger partial charge >= 0.3 is 0 Å². The summed E-state index contributed by atoms with van der Waals surface area (Å²) in [6, 6.07) is 6.45. The lowest BCUT2D eigenvalue weighted by molar-refractivity contribution is 1.04. The lowest BCUT2D eigenvalue weighted by Crippen LogP contribution is -2.10. The van der Waals surface area contributed by atoms with Crippen molar-refractivity contribution >= 4 is 35.4 Å². The van der Waals surface area contributed by atoms with Gasteiger partial charge in [-0.05, 0) is 30.7 Å². The maximum atomic E-state index is 11.2. The topological polar surface area (TPSA) is 70.1 Å². The van der Waals surface area contributed by atoms with Crippen molar-refractivity contribution in [3.63, 3.8) is 0 Å². The highest BCUT2D eigenvalue weighted by Gasteiger charge is 1.97. The predicted molar refractivity (Wildman–Crippen MR) is 77.3 cm³/mol. The molecule has 98 valence electrons. The van der Waals surface area contributed by atoms with E-state index in [1.165, 1.54) is 12.3 Å². The smallest absolute Gasteiger partial charge is 0.252 e. The molecule has 0 aliphatic carbocycles. The van der Waals surface area contributed by atoms with Crippen molar-refractivity contribution in [1.29, 1.82) is 0 Å². The molecule has 0 saturated carbocycles. The molecule has 2 aromatic rings. The number of hydrogen-bond donors (Lipinski definition) is 2. The summed E-state index contributed by atoms with van der Waals surface area (Å²) in [6.07, 6.45) is 1.53. The largest absolute Gasteiger partial charge is 0.291 e. The minimum absolute atomic E-state index is 0.240. The Morgan fingerprint density at radius 3 is 2.58 bits per heavy atom. The molecule has 2 N–H and O–H groups in total. The maximum absolute atomic E-state index is 11.2. The van der Waals surface area contributed by atoms with Gasteiger partial charge in [-0.2, -0.15) is 5.10 Å². The van der Waals surface area contributed by atoms with Gasteiger partial charge in [0.05, 0.1) is 6.21 Å². The molecule has 2 rings (SSSR count). The number of rotatable bonds is 3. The average Bonchev–Trinajstić information content (AvgIpc) is 2.26. The second kappa shape index (κ2) is 5.86. The molecule has 0 spiro atoms. The molecule has 7 heteroatoms. The van der Waals surface area contributed by atoms with Gasteiger partial charge in [-0.25, -0.2) is 10.4 Å². The third-order valence-electron chi connectivity index (χ3n) is 2.14. The third kappa shape index (κ3) is 4.08. The first kappa shape index (κ1) is 13.6. The van der Waals surface area contributed by atoms with Crippen molar-refractivity contribution in [1.82, 2.24) is 9.97 Å². The number of anilines is 1. The zero-order chi connectivity index (χ0) is 13.8. The van der Waals surface area contributed by atoms with Crippen LogP contribution < -0.4 is 11.0 Å². The Hall–Kier alpha value is -1.85. The Morgan fingerprint density at radius 2 is 1.95 bits per heavy atom. The lowest BCUT2D eigenvalue weighted by atomic mass is 10.2. The van der Waals surface area contributed by atoms with Gasteiger partial charge in [0.1, 0.15) is 0 Å². The Kier molecular flexibility index (Phi) is 4.19. The van der Waals surface area contributed by atoms with Gasteiger partial charge < -0.3 is 0 Å². The highest BCUT2D eigenvalue weighted by Crippen LogP contribution is 2.17. The van der Waals surface area contributed by atoms with Crippen LogP contribution in [0.4, 0.5) is 5.95 Å². The van der Waals surface area contributed by atoms with Crippen molar-refractivity contribution < 1.29 is 0 Å². The van der Waals surface area contributed by atoms with E-state index < -0.39 is 0 Å². The van der Waals surface area contributed by atoms with E-state index >= 15 is 0 Å². The molecular formula is C12H10Cl2N4O. The van der Waals surface area contributed by atoms with E-state index in [2.05, 4.69) is 20.5 Å². The fraction of sp³-hybridized carbons (Fsp3) is 0.0833. The lowest BCUT2D eigenvalue weighted by Gasteiger charge is -2.00. The van der Waals surface area contributed by atoms with Crippen LogP contribution in [-0.2, 0) is 0 Å². The zero-order valence-corrected chi connectivity index (χ0v) is 11.5. The van der Waals surface area contributed by atoms with Crippen LogP contribution in [0.15, 0.2) is 34.2 Å². The van der Waals surface area contributed by atoms with E-state index in [0.29, 0.717) is 15.7 Å². The minimum Gasteiger partial charge on any atom is -0.291 e. The quantitative estimate of drug-likeness (QED) is 0.676. The van der Waals surface area contributed by atoms with Crippen LogP contribution in [0.25, 0.3) is 0 Å². The fourth-order valence-corrected chi connectivity index (χ4v) is 1.99. The van der Waals surface area contributed by atoms with Crippen LogP contribution in [0.3, 0.4) is 0 Å². The third-order valence-corrected chi connectivity index (χ3v) is 2.58. The van der Waals surface area contributed by atoms with E-state index in [4.69, 9.17) is 23.2 Å². The molecule has 1 heterocycles. The van der Waals surface area contributed by atoms with Gasteiger partial charge in [-0.3, -0.25) is 9.78 Å². The molecule has 1 aromatic carbocycles. The van der Waals surface area contributed by atoms with Gasteiger partial charge in [-0.15, -0.1) is 0 Å². The second-order valence-corrected chi connectivity index (χ2v) is 4.68. The molecule has 19 heavy (non-hydrogen) atoms. The molecule has 0 amide bonds. The fourth-order valence-electron chi connectivity index (χ4n) is 1.45. The van der Waals surface area contributed by atoms with Crippen molar-refractivity contribution in [2.75, 3.05) is 5.43 Å². The Bertz CT molecular complexity index is 661. The van der Waals surface area contributed by atoms with Crippen molar-refractivity contribution in [2.24, 2.45) is 5.10 Å². The monoisotopic (exact) mass is 296 g/mol. The van der Waals surface area contributed by atoms with Gasteiger partial charge in [0.15, 0.2) is 0 Å². The van der Waals surface area contributed by atoms with Gasteiger partial charge in [-0.1, -0.05) is 23.2 Å². The molecule has 0 fully saturated rings. The highest BCUT2D eigenvalue weighted by molar-refractivity contribution is 6.35. The summed E-state index contributed by atoms with van der Waals surface area (Å²) in [5.74, 6) is 0.273. The van der Waals surface area contributed by atoms with E-state index in [1.54, 1.807) is 25.1 Å². The van der Waals surface area contributed by atoms with Crippen LogP contribution in [0, 0.1) is 6.92 Å². The summed E-state index contributed by atoms with van der Waals surface area (Å²) in [7, 11) is 0. The normalized spacial score (nSPS) is 10.9. The number of nitrogens with one attached hydrogen (secondary N) is 2. The number of hydrogen-bond acceptors (Lipinski definition) is 4. The number of aromatic nitrogens is 2. The van der Waals surface area contributed by atoms with E-state index in [0.717, 1.165) is 5.56 Å². The number of hydrazone groups is 1. The van der Waals surface area contributed by atoms with Crippen molar-refractivity contribution in [3.05, 3.63) is 55.9 Å². The standard InChI is InChI=1S/C12H10Cl2N4O/c1-7-2-11(19)17-12(16-7)18-15-6-8-3-9(13)5-10(14)4-8/h2-6H,1H3,(H2,16,17,18,19). The number of aryl methyl sites for hydroxylation is 1. The number of nitrogens with zero attached hydrogens (tertiary/aromatic N) is 2. The van der Waals surface area contributed by atoms with Crippen LogP contribution in [0.1, 0.15) is 11.3 Å². The summed E-state index contributed by atoms with van der Waals surface area (Å²) in [4.78, 5) is 17.8. The number of benzene rings is 1. The van der Waals surface area contributed by atoms with E-state index in [1.807, 2.05) is 0 Å². The molecule has 5 nitrogen and oxygen atoms in total. The van der Waals surface area contributed by atoms with Gasteiger partial charge in [0, 0.05) is 21.8 Å². The van der Waals surface area contributed by atoms with Crippen LogP contribution >= 0.6 is 23.2 Å². The Balaban J connectivity index is 2.13. The van der Waals surface area contributed by atoms with E-state index in [9.17, 15) is 4.79 Å². The van der Waals surface area contributed by atoms with Gasteiger partial charge in [0.2, 0.25) is 5.95 Å². The minimum atomic E-state index is -0.240. The molecule has 0 radical (unpaired) electrons. The van der Waals surface area contributed by atoms with Gasteiger partial charge in [0.25, 0.3) is 5.56 Å².